The molecule has 0 fully saturated rings. The Balaban J connectivity index is 1.11. The molecule has 41 heavy (non-hydrogen) atoms. The molecule has 3 N–H and O–H groups in total. The molecule has 11 nitrogen and oxygen atoms in total. The van der Waals surface area contributed by atoms with Crippen LogP contribution >= 0.6 is 34.9 Å². The van der Waals surface area contributed by atoms with Crippen molar-refractivity contribution in [1.82, 2.24) is 20.2 Å². The van der Waals surface area contributed by atoms with Crippen molar-refractivity contribution in [3.63, 3.8) is 0 Å². The summed E-state index contributed by atoms with van der Waals surface area (Å²) in [5.74, 6) is 0.461. The SMILES string of the molecule is CCc1ccc(NC(=O)CSc2nc3ccc(NC(=O)CSc4n[nH]c(-c5ccc([N+](=O)[O-])cc5)n4)cc3s2)cc1. The molecule has 0 radical (unpaired) electrons. The fraction of sp³-hybridized carbons (Fsp3) is 0.148. The van der Waals surface area contributed by atoms with Gasteiger partial charge in [-0.25, -0.2) is 9.97 Å². The second-order valence-electron chi connectivity index (χ2n) is 8.66. The van der Waals surface area contributed by atoms with Gasteiger partial charge in [-0.2, -0.15) is 0 Å². The molecule has 3 aromatic carbocycles. The van der Waals surface area contributed by atoms with E-state index in [0.29, 0.717) is 22.2 Å². The molecule has 0 saturated heterocycles. The zero-order valence-electron chi connectivity index (χ0n) is 21.6. The molecule has 14 heteroatoms. The lowest BCUT2D eigenvalue weighted by molar-refractivity contribution is -0.384. The summed E-state index contributed by atoms with van der Waals surface area (Å²) in [4.78, 5) is 44.2. The fourth-order valence-electron chi connectivity index (χ4n) is 3.70. The summed E-state index contributed by atoms with van der Waals surface area (Å²) in [5.41, 5.74) is 4.05. The maximum atomic E-state index is 12.5. The number of benzene rings is 3. The number of nitro groups is 1. The monoisotopic (exact) mass is 605 g/mol. The number of non-ortho nitro benzene ring substituents is 1. The number of hydrogen-bond acceptors (Lipinski definition) is 10. The van der Waals surface area contributed by atoms with Gasteiger partial charge in [0.15, 0.2) is 10.2 Å². The highest BCUT2D eigenvalue weighted by Gasteiger charge is 2.13. The molecule has 0 spiro atoms. The first-order valence-electron chi connectivity index (χ1n) is 12.4. The van der Waals surface area contributed by atoms with E-state index in [-0.39, 0.29) is 29.0 Å². The third-order valence-electron chi connectivity index (χ3n) is 5.77. The Kier molecular flexibility index (Phi) is 8.91. The average Bonchev–Trinajstić information content (AvgIpc) is 3.62. The second kappa shape index (κ2) is 12.9. The molecule has 5 aromatic rings. The maximum Gasteiger partial charge on any atom is 0.269 e. The number of nitrogens with one attached hydrogen (secondary N) is 3. The number of carbonyl (C=O) groups is 2. The van der Waals surface area contributed by atoms with Crippen LogP contribution < -0.4 is 10.6 Å². The van der Waals surface area contributed by atoms with Crippen molar-refractivity contribution in [1.29, 1.82) is 0 Å². The van der Waals surface area contributed by atoms with Gasteiger partial charge in [0.2, 0.25) is 17.0 Å². The number of rotatable bonds is 11. The molecule has 0 aliphatic rings. The number of aromatic amines is 1. The number of fused-ring (bicyclic) bond motifs is 1. The third-order valence-corrected chi connectivity index (χ3v) is 8.78. The number of amides is 2. The lowest BCUT2D eigenvalue weighted by Crippen LogP contribution is -2.14. The van der Waals surface area contributed by atoms with Crippen LogP contribution in [0.25, 0.3) is 21.6 Å². The van der Waals surface area contributed by atoms with Gasteiger partial charge in [-0.3, -0.25) is 24.8 Å². The van der Waals surface area contributed by atoms with Gasteiger partial charge in [0, 0.05) is 29.1 Å². The van der Waals surface area contributed by atoms with Gasteiger partial charge >= 0.3 is 0 Å². The van der Waals surface area contributed by atoms with Crippen molar-refractivity contribution in [2.24, 2.45) is 0 Å². The Hall–Kier alpha value is -4.27. The molecular weight excluding hydrogens is 583 g/mol. The van der Waals surface area contributed by atoms with E-state index in [0.717, 1.165) is 26.7 Å². The highest BCUT2D eigenvalue weighted by molar-refractivity contribution is 8.01. The number of aryl methyl sites for hydroxylation is 1. The fourth-order valence-corrected chi connectivity index (χ4v) is 6.21. The quantitative estimate of drug-likeness (QED) is 0.0931. The number of H-pyrrole nitrogens is 1. The molecule has 2 heterocycles. The Morgan fingerprint density at radius 3 is 2.32 bits per heavy atom. The molecular formula is C27H23N7O4S3. The molecule has 0 unspecified atom stereocenters. The lowest BCUT2D eigenvalue weighted by atomic mass is 10.1. The van der Waals surface area contributed by atoms with Crippen LogP contribution in [0.3, 0.4) is 0 Å². The van der Waals surface area contributed by atoms with Crippen LogP contribution in [0.1, 0.15) is 12.5 Å². The first-order valence-corrected chi connectivity index (χ1v) is 15.2. The van der Waals surface area contributed by atoms with E-state index in [1.807, 2.05) is 36.4 Å². The number of hydrogen-bond donors (Lipinski definition) is 3. The number of anilines is 2. The Labute approximate surface area is 246 Å². The zero-order valence-corrected chi connectivity index (χ0v) is 24.1. The van der Waals surface area contributed by atoms with Gasteiger partial charge in [-0.05, 0) is 54.4 Å². The van der Waals surface area contributed by atoms with E-state index < -0.39 is 4.92 Å². The third kappa shape index (κ3) is 7.48. The summed E-state index contributed by atoms with van der Waals surface area (Å²) in [6.45, 7) is 2.08. The predicted molar refractivity (Wildman–Crippen MR) is 163 cm³/mol. The topological polar surface area (TPSA) is 156 Å². The Bertz CT molecular complexity index is 1700. The van der Waals surface area contributed by atoms with E-state index >= 15 is 0 Å². The highest BCUT2D eigenvalue weighted by Crippen LogP contribution is 2.31. The Morgan fingerprint density at radius 2 is 1.61 bits per heavy atom. The lowest BCUT2D eigenvalue weighted by Gasteiger charge is -2.05. The predicted octanol–water partition coefficient (Wildman–Crippen LogP) is 6.01. The summed E-state index contributed by atoms with van der Waals surface area (Å²) in [6, 6.07) is 19.2. The summed E-state index contributed by atoms with van der Waals surface area (Å²) in [5, 5.41) is 23.9. The van der Waals surface area contributed by atoms with Crippen LogP contribution in [-0.4, -0.2) is 48.4 Å². The zero-order chi connectivity index (χ0) is 28.8. The molecule has 0 bridgehead atoms. The van der Waals surface area contributed by atoms with Gasteiger partial charge in [0.25, 0.3) is 5.69 Å². The van der Waals surface area contributed by atoms with Crippen molar-refractivity contribution in [2.75, 3.05) is 22.1 Å². The molecule has 2 amide bonds. The highest BCUT2D eigenvalue weighted by atomic mass is 32.2. The number of nitrogens with zero attached hydrogens (tertiary/aromatic N) is 4. The van der Waals surface area contributed by atoms with E-state index in [9.17, 15) is 19.7 Å². The van der Waals surface area contributed by atoms with Crippen molar-refractivity contribution >= 4 is 74.0 Å². The van der Waals surface area contributed by atoms with Crippen LogP contribution in [0.5, 0.6) is 0 Å². The number of thiazole rings is 1. The van der Waals surface area contributed by atoms with Crippen molar-refractivity contribution in [3.05, 3.63) is 82.4 Å². The van der Waals surface area contributed by atoms with E-state index in [4.69, 9.17) is 0 Å². The standard InChI is InChI=1S/C27H23N7O4S3/c1-2-16-3-7-18(8-4-16)28-24(36)15-40-27-30-21-12-9-19(13-22(21)41-27)29-23(35)14-39-26-31-25(32-33-26)17-5-10-20(11-6-17)34(37)38/h3-13H,2,14-15H2,1H3,(H,28,36)(H,29,35)(H,31,32,33). The molecule has 0 aliphatic carbocycles. The summed E-state index contributed by atoms with van der Waals surface area (Å²) in [6.07, 6.45) is 0.948. The van der Waals surface area contributed by atoms with Crippen molar-refractivity contribution in [3.8, 4) is 11.4 Å². The van der Waals surface area contributed by atoms with Crippen molar-refractivity contribution in [2.45, 2.75) is 22.8 Å². The number of aromatic nitrogens is 4. The molecule has 0 saturated carbocycles. The number of thioether (sulfide) groups is 2. The minimum atomic E-state index is -0.468. The normalized spacial score (nSPS) is 11.0. The van der Waals surface area contributed by atoms with Crippen LogP contribution in [0.15, 0.2) is 76.2 Å². The van der Waals surface area contributed by atoms with Gasteiger partial charge in [-0.1, -0.05) is 42.6 Å². The smallest absolute Gasteiger partial charge is 0.269 e. The summed E-state index contributed by atoms with van der Waals surface area (Å²) < 4.78 is 1.67. The van der Waals surface area contributed by atoms with E-state index in [1.165, 1.54) is 52.6 Å². The van der Waals surface area contributed by atoms with E-state index in [2.05, 4.69) is 37.7 Å². The number of carbonyl (C=O) groups excluding carboxylic acids is 2. The molecule has 2 aromatic heterocycles. The van der Waals surface area contributed by atoms with Gasteiger partial charge in [0.05, 0.1) is 26.6 Å². The molecule has 208 valence electrons. The summed E-state index contributed by atoms with van der Waals surface area (Å²) in [7, 11) is 0. The van der Waals surface area contributed by atoms with Crippen LogP contribution in [-0.2, 0) is 16.0 Å². The minimum Gasteiger partial charge on any atom is -0.325 e. The first-order chi connectivity index (χ1) is 19.9. The van der Waals surface area contributed by atoms with Crippen molar-refractivity contribution < 1.29 is 14.5 Å². The minimum absolute atomic E-state index is 0.0114. The van der Waals surface area contributed by atoms with Gasteiger partial charge in [0.1, 0.15) is 0 Å². The summed E-state index contributed by atoms with van der Waals surface area (Å²) >= 11 is 3.99. The molecule has 0 atom stereocenters. The largest absolute Gasteiger partial charge is 0.325 e. The van der Waals surface area contributed by atoms with Crippen LogP contribution in [0.4, 0.5) is 17.1 Å². The van der Waals surface area contributed by atoms with Gasteiger partial charge in [-0.15, -0.1) is 16.4 Å². The molecule has 5 rings (SSSR count). The second-order valence-corrected chi connectivity index (χ2v) is 11.9. The Morgan fingerprint density at radius 1 is 0.927 bits per heavy atom. The maximum absolute atomic E-state index is 12.5. The first kappa shape index (κ1) is 28.3. The van der Waals surface area contributed by atoms with Crippen LogP contribution in [0.2, 0.25) is 0 Å². The van der Waals surface area contributed by atoms with Gasteiger partial charge < -0.3 is 10.6 Å². The number of nitro benzene ring substituents is 1. The molecule has 0 aliphatic heterocycles. The average molecular weight is 606 g/mol. The van der Waals surface area contributed by atoms with Crippen LogP contribution in [0, 0.1) is 10.1 Å². The van der Waals surface area contributed by atoms with E-state index in [1.54, 1.807) is 18.2 Å².